The molecule has 0 N–H and O–H groups in total. The van der Waals surface area contributed by atoms with Crippen LogP contribution in [-0.4, -0.2) is 4.57 Å². The molecule has 0 bridgehead atoms. The lowest BCUT2D eigenvalue weighted by atomic mass is 10.0. The summed E-state index contributed by atoms with van der Waals surface area (Å²) < 4.78 is 2.45. The summed E-state index contributed by atoms with van der Waals surface area (Å²) in [5, 5.41) is 1.36. The number of benzene rings is 3. The van der Waals surface area contributed by atoms with E-state index in [1.54, 1.807) is 0 Å². The van der Waals surface area contributed by atoms with Crippen molar-refractivity contribution in [3.8, 4) is 16.8 Å². The number of nitrogens with zero attached hydrogens (tertiary/aromatic N) is 1. The smallest absolute Gasteiger partial charge is 0.0537 e. The SMILES string of the molecule is Cc1ccc2c(c1)c1c(n2-c2ccc(-c3ccccc3)cc2)CCC=C1. The average Bonchev–Trinajstić information content (AvgIpc) is 3.02. The Morgan fingerprint density at radius 3 is 2.38 bits per heavy atom. The fourth-order valence-electron chi connectivity index (χ4n) is 4.06. The van der Waals surface area contributed by atoms with Gasteiger partial charge in [0, 0.05) is 22.3 Å². The van der Waals surface area contributed by atoms with Crippen molar-refractivity contribution in [1.29, 1.82) is 0 Å². The van der Waals surface area contributed by atoms with Crippen LogP contribution in [0.2, 0.25) is 0 Å². The van der Waals surface area contributed by atoms with Crippen LogP contribution in [0.25, 0.3) is 33.8 Å². The first-order valence-electron chi connectivity index (χ1n) is 9.27. The molecule has 1 aliphatic carbocycles. The minimum atomic E-state index is 1.10. The van der Waals surface area contributed by atoms with E-state index in [0.717, 1.165) is 12.8 Å². The van der Waals surface area contributed by atoms with Gasteiger partial charge in [-0.05, 0) is 55.2 Å². The summed E-state index contributed by atoms with van der Waals surface area (Å²) in [5.74, 6) is 0. The number of aromatic nitrogens is 1. The predicted molar refractivity (Wildman–Crippen MR) is 111 cm³/mol. The Balaban J connectivity index is 1.69. The second-order valence-electron chi connectivity index (χ2n) is 7.07. The molecule has 5 rings (SSSR count). The molecule has 1 aromatic heterocycles. The minimum Gasteiger partial charge on any atom is -0.313 e. The molecule has 0 fully saturated rings. The van der Waals surface area contributed by atoms with Crippen molar-refractivity contribution in [3.05, 3.63) is 95.7 Å². The van der Waals surface area contributed by atoms with Gasteiger partial charge in [-0.15, -0.1) is 0 Å². The van der Waals surface area contributed by atoms with E-state index < -0.39 is 0 Å². The van der Waals surface area contributed by atoms with E-state index in [1.807, 2.05) is 0 Å². The zero-order valence-corrected chi connectivity index (χ0v) is 14.9. The second kappa shape index (κ2) is 6.03. The number of hydrogen-bond donors (Lipinski definition) is 0. The van der Waals surface area contributed by atoms with Gasteiger partial charge in [-0.2, -0.15) is 0 Å². The minimum absolute atomic E-state index is 1.10. The molecule has 1 heteroatoms. The highest BCUT2D eigenvalue weighted by atomic mass is 15.0. The fourth-order valence-corrected chi connectivity index (χ4v) is 4.06. The maximum absolute atomic E-state index is 2.45. The van der Waals surface area contributed by atoms with Gasteiger partial charge in [0.25, 0.3) is 0 Å². The quantitative estimate of drug-likeness (QED) is 0.390. The maximum atomic E-state index is 2.45. The maximum Gasteiger partial charge on any atom is 0.0537 e. The van der Waals surface area contributed by atoms with Crippen LogP contribution in [0.4, 0.5) is 0 Å². The number of rotatable bonds is 2. The molecule has 0 saturated heterocycles. The Bertz CT molecular complexity index is 1110. The number of hydrogen-bond acceptors (Lipinski definition) is 0. The second-order valence-corrected chi connectivity index (χ2v) is 7.07. The first kappa shape index (κ1) is 15.2. The first-order valence-corrected chi connectivity index (χ1v) is 9.27. The molecule has 26 heavy (non-hydrogen) atoms. The molecule has 0 atom stereocenters. The highest BCUT2D eigenvalue weighted by Crippen LogP contribution is 2.34. The predicted octanol–water partition coefficient (Wildman–Crippen LogP) is 6.57. The van der Waals surface area contributed by atoms with Gasteiger partial charge < -0.3 is 4.57 Å². The van der Waals surface area contributed by atoms with Crippen LogP contribution in [0.5, 0.6) is 0 Å². The molecular formula is C25H21N. The molecule has 4 aromatic rings. The van der Waals surface area contributed by atoms with E-state index in [2.05, 4.69) is 96.4 Å². The van der Waals surface area contributed by atoms with Crippen molar-refractivity contribution in [2.45, 2.75) is 19.8 Å². The van der Waals surface area contributed by atoms with Gasteiger partial charge in [0.15, 0.2) is 0 Å². The van der Waals surface area contributed by atoms with Gasteiger partial charge in [-0.1, -0.05) is 66.2 Å². The Kier molecular flexibility index (Phi) is 3.53. The average molecular weight is 335 g/mol. The van der Waals surface area contributed by atoms with Crippen molar-refractivity contribution in [2.75, 3.05) is 0 Å². The van der Waals surface area contributed by atoms with Gasteiger partial charge in [0.05, 0.1) is 5.52 Å². The molecule has 0 unspecified atom stereocenters. The lowest BCUT2D eigenvalue weighted by molar-refractivity contribution is 0.888. The third-order valence-corrected chi connectivity index (χ3v) is 5.33. The zero-order valence-electron chi connectivity index (χ0n) is 14.9. The lowest BCUT2D eigenvalue weighted by Crippen LogP contribution is -2.02. The van der Waals surface area contributed by atoms with E-state index in [-0.39, 0.29) is 0 Å². The van der Waals surface area contributed by atoms with Crippen LogP contribution >= 0.6 is 0 Å². The Hall–Kier alpha value is -3.06. The molecule has 0 saturated carbocycles. The van der Waals surface area contributed by atoms with E-state index in [1.165, 1.54) is 44.5 Å². The normalized spacial score (nSPS) is 13.1. The zero-order chi connectivity index (χ0) is 17.5. The number of aryl methyl sites for hydroxylation is 1. The molecule has 0 amide bonds. The molecule has 0 aliphatic heterocycles. The Morgan fingerprint density at radius 1 is 0.808 bits per heavy atom. The molecule has 1 nitrogen and oxygen atoms in total. The molecule has 0 radical (unpaired) electrons. The summed E-state index contributed by atoms with van der Waals surface area (Å²) in [7, 11) is 0. The van der Waals surface area contributed by atoms with Crippen LogP contribution in [0.1, 0.15) is 23.2 Å². The van der Waals surface area contributed by atoms with Crippen LogP contribution in [0, 0.1) is 6.92 Å². The third-order valence-electron chi connectivity index (χ3n) is 5.33. The van der Waals surface area contributed by atoms with Crippen molar-refractivity contribution >= 4 is 17.0 Å². The summed E-state index contributed by atoms with van der Waals surface area (Å²) in [5.41, 5.74) is 9.21. The van der Waals surface area contributed by atoms with E-state index in [4.69, 9.17) is 0 Å². The standard InChI is InChI=1S/C25H21N/c1-18-11-16-25-23(17-18)22-9-5-6-10-24(22)26(25)21-14-12-20(13-15-21)19-7-3-2-4-8-19/h2-5,7-9,11-17H,6,10H2,1H3. The van der Waals surface area contributed by atoms with Crippen LogP contribution in [0.3, 0.4) is 0 Å². The fraction of sp³-hybridized carbons (Fsp3) is 0.120. The van der Waals surface area contributed by atoms with Crippen LogP contribution in [0.15, 0.2) is 78.9 Å². The van der Waals surface area contributed by atoms with E-state index in [0.29, 0.717) is 0 Å². The van der Waals surface area contributed by atoms with Crippen LogP contribution in [-0.2, 0) is 6.42 Å². The molecule has 3 aromatic carbocycles. The van der Waals surface area contributed by atoms with Gasteiger partial charge in [0.1, 0.15) is 0 Å². The molecule has 1 heterocycles. The topological polar surface area (TPSA) is 4.93 Å². The van der Waals surface area contributed by atoms with Crippen molar-refractivity contribution in [2.24, 2.45) is 0 Å². The molecular weight excluding hydrogens is 314 g/mol. The highest BCUT2D eigenvalue weighted by molar-refractivity contribution is 5.93. The van der Waals surface area contributed by atoms with Crippen molar-refractivity contribution in [3.63, 3.8) is 0 Å². The molecule has 126 valence electrons. The van der Waals surface area contributed by atoms with Crippen molar-refractivity contribution in [1.82, 2.24) is 4.57 Å². The molecule has 1 aliphatic rings. The van der Waals surface area contributed by atoms with Gasteiger partial charge in [0.2, 0.25) is 0 Å². The Labute approximate surface area is 154 Å². The largest absolute Gasteiger partial charge is 0.313 e. The number of fused-ring (bicyclic) bond motifs is 3. The van der Waals surface area contributed by atoms with Gasteiger partial charge in [-0.3, -0.25) is 0 Å². The van der Waals surface area contributed by atoms with Crippen LogP contribution < -0.4 is 0 Å². The van der Waals surface area contributed by atoms with Crippen molar-refractivity contribution < 1.29 is 0 Å². The van der Waals surface area contributed by atoms with Gasteiger partial charge >= 0.3 is 0 Å². The summed E-state index contributed by atoms with van der Waals surface area (Å²) >= 11 is 0. The number of allylic oxidation sites excluding steroid dienone is 1. The Morgan fingerprint density at radius 2 is 1.58 bits per heavy atom. The van der Waals surface area contributed by atoms with E-state index in [9.17, 15) is 0 Å². The van der Waals surface area contributed by atoms with E-state index >= 15 is 0 Å². The van der Waals surface area contributed by atoms with Gasteiger partial charge in [-0.25, -0.2) is 0 Å². The summed E-state index contributed by atoms with van der Waals surface area (Å²) in [6.45, 7) is 2.17. The highest BCUT2D eigenvalue weighted by Gasteiger charge is 2.18. The summed E-state index contributed by atoms with van der Waals surface area (Å²) in [6.07, 6.45) is 6.81. The monoisotopic (exact) mass is 335 g/mol. The summed E-state index contributed by atoms with van der Waals surface area (Å²) in [6, 6.07) is 26.3. The summed E-state index contributed by atoms with van der Waals surface area (Å²) in [4.78, 5) is 0. The molecule has 0 spiro atoms. The first-order chi connectivity index (χ1) is 12.8. The lowest BCUT2D eigenvalue weighted by Gasteiger charge is -2.14. The third kappa shape index (κ3) is 2.40.